The van der Waals surface area contributed by atoms with E-state index >= 15 is 0 Å². The summed E-state index contributed by atoms with van der Waals surface area (Å²) < 4.78 is 8.14. The van der Waals surface area contributed by atoms with E-state index in [1.807, 2.05) is 30.1 Å². The smallest absolute Gasteiger partial charge is 0.320 e. The van der Waals surface area contributed by atoms with Gasteiger partial charge in [-0.15, -0.1) is 0 Å². The highest BCUT2D eigenvalue weighted by Gasteiger charge is 2.24. The van der Waals surface area contributed by atoms with Crippen LogP contribution in [0, 0.1) is 10.1 Å². The molecule has 6 rings (SSSR count). The molecule has 13 nitrogen and oxygen atoms in total. The summed E-state index contributed by atoms with van der Waals surface area (Å²) in [5.41, 5.74) is 5.51. The van der Waals surface area contributed by atoms with Gasteiger partial charge in [-0.3, -0.25) is 19.8 Å². The average molecular weight is 603 g/mol. The lowest BCUT2D eigenvalue weighted by Gasteiger charge is -2.22. The lowest BCUT2D eigenvalue weighted by Crippen LogP contribution is -2.20. The molecule has 40 heavy (non-hydrogen) atoms. The number of halogens is 1. The van der Waals surface area contributed by atoms with Crippen molar-refractivity contribution in [2.75, 3.05) is 36.2 Å². The van der Waals surface area contributed by atoms with Gasteiger partial charge < -0.3 is 20.3 Å². The van der Waals surface area contributed by atoms with Crippen molar-refractivity contribution < 1.29 is 9.66 Å². The van der Waals surface area contributed by atoms with Crippen LogP contribution in [0.5, 0.6) is 5.75 Å². The minimum atomic E-state index is -0.488. The molecule has 0 radical (unpaired) electrons. The highest BCUT2D eigenvalue weighted by molar-refractivity contribution is 9.10. The molecule has 0 fully saturated rings. The molecule has 0 bridgehead atoms. The van der Waals surface area contributed by atoms with Gasteiger partial charge in [0, 0.05) is 74.2 Å². The quantitative estimate of drug-likeness (QED) is 0.200. The molecule has 1 aliphatic rings. The molecule has 4 heterocycles. The lowest BCUT2D eigenvalue weighted by atomic mass is 10.0. The third-order valence-corrected chi connectivity index (χ3v) is 7.39. The summed E-state index contributed by atoms with van der Waals surface area (Å²) in [5.74, 6) is 1.20. The van der Waals surface area contributed by atoms with Gasteiger partial charge in [0.05, 0.1) is 33.9 Å². The summed E-state index contributed by atoms with van der Waals surface area (Å²) in [6.07, 6.45) is 7.21. The molecule has 0 amide bonds. The van der Waals surface area contributed by atoms with Crippen molar-refractivity contribution in [2.24, 2.45) is 7.05 Å². The number of nitro groups is 1. The Hall–Kier alpha value is -4.85. The Balaban J connectivity index is 1.38. The maximum absolute atomic E-state index is 12.0. The molecule has 0 saturated heterocycles. The van der Waals surface area contributed by atoms with Crippen molar-refractivity contribution in [3.05, 3.63) is 69.3 Å². The van der Waals surface area contributed by atoms with Gasteiger partial charge in [0.15, 0.2) is 11.3 Å². The van der Waals surface area contributed by atoms with E-state index in [1.165, 1.54) is 12.4 Å². The first kappa shape index (κ1) is 25.4. The van der Waals surface area contributed by atoms with Gasteiger partial charge >= 0.3 is 5.69 Å². The molecule has 0 saturated carbocycles. The first-order valence-electron chi connectivity index (χ1n) is 12.2. The van der Waals surface area contributed by atoms with Gasteiger partial charge in [-0.25, -0.2) is 9.97 Å². The number of hydrogen-bond donors (Lipinski definition) is 2. The van der Waals surface area contributed by atoms with E-state index in [2.05, 4.69) is 63.5 Å². The van der Waals surface area contributed by atoms with Crippen molar-refractivity contribution in [3.63, 3.8) is 0 Å². The number of benzene rings is 2. The number of anilines is 5. The monoisotopic (exact) mass is 602 g/mol. The van der Waals surface area contributed by atoms with Crippen LogP contribution < -0.4 is 20.3 Å². The SMILES string of the molecule is COc1cc2c(cc1Nc1ncc(Br)c(Nc3ccc4nccnc4c3[N+](=O)[O-])n1)-c1cnn(C)c1CCN2C. The molecule has 5 aromatic rings. The van der Waals surface area contributed by atoms with Crippen LogP contribution in [0.4, 0.5) is 34.5 Å². The fourth-order valence-corrected chi connectivity index (χ4v) is 5.11. The molecule has 0 aliphatic carbocycles. The van der Waals surface area contributed by atoms with E-state index in [0.717, 1.165) is 35.5 Å². The highest BCUT2D eigenvalue weighted by atomic mass is 79.9. The summed E-state index contributed by atoms with van der Waals surface area (Å²) in [7, 11) is 5.61. The Morgan fingerprint density at radius 3 is 2.67 bits per heavy atom. The predicted octanol–water partition coefficient (Wildman–Crippen LogP) is 4.98. The first-order chi connectivity index (χ1) is 19.3. The molecule has 2 N–H and O–H groups in total. The zero-order valence-electron chi connectivity index (χ0n) is 21.7. The van der Waals surface area contributed by atoms with Gasteiger partial charge in [0.2, 0.25) is 5.95 Å². The van der Waals surface area contributed by atoms with Crippen LogP contribution in [-0.2, 0) is 13.5 Å². The number of nitro benzene ring substituents is 1. The van der Waals surface area contributed by atoms with Gasteiger partial charge in [-0.1, -0.05) is 0 Å². The zero-order valence-corrected chi connectivity index (χ0v) is 23.3. The molecule has 0 spiro atoms. The van der Waals surface area contributed by atoms with E-state index in [0.29, 0.717) is 27.2 Å². The van der Waals surface area contributed by atoms with Crippen LogP contribution in [0.25, 0.3) is 22.2 Å². The van der Waals surface area contributed by atoms with Crippen LogP contribution in [0.1, 0.15) is 5.69 Å². The number of rotatable bonds is 6. The number of hydrogen-bond acceptors (Lipinski definition) is 11. The van der Waals surface area contributed by atoms with Gasteiger partial charge in [0.1, 0.15) is 11.4 Å². The van der Waals surface area contributed by atoms with Gasteiger partial charge in [-0.2, -0.15) is 10.1 Å². The van der Waals surface area contributed by atoms with Crippen LogP contribution >= 0.6 is 15.9 Å². The van der Waals surface area contributed by atoms with E-state index in [4.69, 9.17) is 4.74 Å². The molecule has 0 unspecified atom stereocenters. The minimum absolute atomic E-state index is 0.176. The van der Waals surface area contributed by atoms with Crippen molar-refractivity contribution >= 4 is 61.5 Å². The standard InChI is InChI=1S/C26H23BrN10O3/c1-35-9-6-20-15(12-31-36(20)2)14-10-19(22(40-3)11-21(14)35)33-26-30-13-16(27)25(34-26)32-18-5-4-17-23(24(18)37(38)39)29-8-7-28-17/h4-5,7-8,10-13H,6,9H2,1-3H3,(H2,30,32,33,34). The van der Waals surface area contributed by atoms with Crippen LogP contribution in [-0.4, -0.2) is 55.3 Å². The molecule has 202 valence electrons. The zero-order chi connectivity index (χ0) is 28.0. The van der Waals surface area contributed by atoms with Gasteiger partial charge in [-0.05, 0) is 34.1 Å². The Labute approximate surface area is 236 Å². The maximum Gasteiger partial charge on any atom is 0.320 e. The molecule has 1 aliphatic heterocycles. The number of methoxy groups -OCH3 is 1. The summed E-state index contributed by atoms with van der Waals surface area (Å²) in [4.78, 5) is 31.0. The Kier molecular flexibility index (Phi) is 6.38. The second kappa shape index (κ2) is 10.0. The molecule has 3 aromatic heterocycles. The Morgan fingerprint density at radius 1 is 1.05 bits per heavy atom. The molecular formula is C26H23BrN10O3. The summed E-state index contributed by atoms with van der Waals surface area (Å²) >= 11 is 3.45. The van der Waals surface area contributed by atoms with Crippen LogP contribution in [0.3, 0.4) is 0 Å². The molecule has 0 atom stereocenters. The van der Waals surface area contributed by atoms with E-state index < -0.39 is 4.92 Å². The van der Waals surface area contributed by atoms with E-state index in [9.17, 15) is 10.1 Å². The first-order valence-corrected chi connectivity index (χ1v) is 13.0. The normalized spacial score (nSPS) is 12.4. The summed E-state index contributed by atoms with van der Waals surface area (Å²) in [5, 5.41) is 22.7. The van der Waals surface area contributed by atoms with Crippen LogP contribution in [0.2, 0.25) is 0 Å². The van der Waals surface area contributed by atoms with Crippen molar-refractivity contribution in [3.8, 4) is 16.9 Å². The number of ether oxygens (including phenoxy) is 1. The average Bonchev–Trinajstić information content (AvgIpc) is 3.26. The van der Waals surface area contributed by atoms with Gasteiger partial charge in [0.25, 0.3) is 0 Å². The summed E-state index contributed by atoms with van der Waals surface area (Å²) in [6, 6.07) is 7.23. The predicted molar refractivity (Wildman–Crippen MR) is 155 cm³/mol. The largest absolute Gasteiger partial charge is 0.494 e. The second-order valence-corrected chi connectivity index (χ2v) is 10.0. The van der Waals surface area contributed by atoms with E-state index in [-0.39, 0.29) is 22.8 Å². The van der Waals surface area contributed by atoms with Crippen LogP contribution in [0.15, 0.2) is 53.5 Å². The fourth-order valence-electron chi connectivity index (χ4n) is 4.82. The molecular weight excluding hydrogens is 580 g/mol. The molecule has 2 aromatic carbocycles. The topological polar surface area (TPSA) is 149 Å². The van der Waals surface area contributed by atoms with Crippen molar-refractivity contribution in [2.45, 2.75) is 6.42 Å². The number of nitrogens with zero attached hydrogens (tertiary/aromatic N) is 8. The Morgan fingerprint density at radius 2 is 1.88 bits per heavy atom. The van der Waals surface area contributed by atoms with E-state index in [1.54, 1.807) is 25.4 Å². The second-order valence-electron chi connectivity index (χ2n) is 9.15. The maximum atomic E-state index is 12.0. The Bertz CT molecular complexity index is 1790. The summed E-state index contributed by atoms with van der Waals surface area (Å²) in [6.45, 7) is 0.840. The third kappa shape index (κ3) is 4.41. The fraction of sp³-hybridized carbons (Fsp3) is 0.192. The number of fused-ring (bicyclic) bond motifs is 4. The lowest BCUT2D eigenvalue weighted by molar-refractivity contribution is -0.382. The van der Waals surface area contributed by atoms with Crippen molar-refractivity contribution in [1.29, 1.82) is 0 Å². The molecule has 14 heteroatoms. The minimum Gasteiger partial charge on any atom is -0.494 e. The number of aromatic nitrogens is 6. The van der Waals surface area contributed by atoms with Crippen molar-refractivity contribution in [1.82, 2.24) is 29.7 Å². The number of aryl methyl sites for hydroxylation is 1. The third-order valence-electron chi connectivity index (χ3n) is 6.80. The number of likely N-dealkylation sites (N-methyl/N-ethyl adjacent to an activating group) is 1. The number of nitrogens with one attached hydrogen (secondary N) is 2. The highest BCUT2D eigenvalue weighted by Crippen LogP contribution is 2.43.